The number of carbonyl (C=O) groups is 2. The molecule has 2 N–H and O–H groups in total. The third-order valence-electron chi connectivity index (χ3n) is 5.09. The van der Waals surface area contributed by atoms with Gasteiger partial charge in [0.1, 0.15) is 6.54 Å². The summed E-state index contributed by atoms with van der Waals surface area (Å²) in [5.41, 5.74) is 0. The molecule has 2 fully saturated rings. The number of nitrogens with zero attached hydrogens (tertiary/aromatic N) is 3. The Bertz CT molecular complexity index is 564. The van der Waals surface area contributed by atoms with E-state index in [0.717, 1.165) is 32.3 Å². The largest absolute Gasteiger partial charge is 0.450 e. The van der Waals surface area contributed by atoms with Crippen molar-refractivity contribution in [3.05, 3.63) is 0 Å². The lowest BCUT2D eigenvalue weighted by atomic mass is 10.1. The summed E-state index contributed by atoms with van der Waals surface area (Å²) < 4.78 is 16.2. The van der Waals surface area contributed by atoms with E-state index in [1.54, 1.807) is 19.0 Å². The van der Waals surface area contributed by atoms with Crippen molar-refractivity contribution in [3.63, 3.8) is 0 Å². The average Bonchev–Trinajstić information content (AvgIpc) is 3.25. The zero-order valence-corrected chi connectivity index (χ0v) is 21.3. The smallest absolute Gasteiger partial charge is 0.409 e. The first kappa shape index (κ1) is 27.7. The van der Waals surface area contributed by atoms with Crippen molar-refractivity contribution in [2.45, 2.75) is 44.8 Å². The third kappa shape index (κ3) is 10.7. The van der Waals surface area contributed by atoms with Gasteiger partial charge in [0.2, 0.25) is 5.91 Å². The van der Waals surface area contributed by atoms with Gasteiger partial charge >= 0.3 is 6.09 Å². The number of likely N-dealkylation sites (N-methyl/N-ethyl adjacent to an activating group) is 1. The van der Waals surface area contributed by atoms with Gasteiger partial charge in [-0.25, -0.2) is 9.79 Å². The zero-order valence-electron chi connectivity index (χ0n) is 18.9. The molecule has 2 heterocycles. The average molecular weight is 555 g/mol. The molecule has 0 aromatic rings. The highest BCUT2D eigenvalue weighted by atomic mass is 127. The molecule has 2 saturated heterocycles. The van der Waals surface area contributed by atoms with Crippen LogP contribution in [-0.2, 0) is 19.0 Å². The van der Waals surface area contributed by atoms with Gasteiger partial charge < -0.3 is 34.6 Å². The second-order valence-electron chi connectivity index (χ2n) is 7.69. The quantitative estimate of drug-likeness (QED) is 0.190. The summed E-state index contributed by atoms with van der Waals surface area (Å²) in [5.74, 6) is 0.557. The van der Waals surface area contributed by atoms with Gasteiger partial charge in [-0.1, -0.05) is 0 Å². The number of piperidine rings is 1. The number of likely N-dealkylation sites (tertiary alicyclic amines) is 1. The van der Waals surface area contributed by atoms with Gasteiger partial charge in [0.05, 0.1) is 19.3 Å². The Balaban J connectivity index is 0.00000480. The van der Waals surface area contributed by atoms with Gasteiger partial charge in [-0.3, -0.25) is 4.79 Å². The van der Waals surface area contributed by atoms with Crippen molar-refractivity contribution in [3.8, 4) is 0 Å². The molecule has 0 aromatic heterocycles. The second-order valence-corrected chi connectivity index (χ2v) is 7.69. The van der Waals surface area contributed by atoms with Crippen LogP contribution in [0.25, 0.3) is 0 Å². The molecule has 2 rings (SSSR count). The van der Waals surface area contributed by atoms with Crippen molar-refractivity contribution in [1.29, 1.82) is 0 Å². The fraction of sp³-hybridized carbons (Fsp3) is 0.850. The molecular formula is C20H38IN5O5. The van der Waals surface area contributed by atoms with Crippen LogP contribution >= 0.6 is 24.0 Å². The van der Waals surface area contributed by atoms with Crippen LogP contribution in [0.3, 0.4) is 0 Å². The Hall–Kier alpha value is -1.34. The van der Waals surface area contributed by atoms with Crippen LogP contribution < -0.4 is 10.6 Å². The molecule has 0 radical (unpaired) electrons. The molecule has 31 heavy (non-hydrogen) atoms. The number of guanidine groups is 1. The first-order valence-corrected chi connectivity index (χ1v) is 10.9. The first-order chi connectivity index (χ1) is 14.5. The topological polar surface area (TPSA) is 105 Å². The Morgan fingerprint density at radius 2 is 1.97 bits per heavy atom. The molecule has 180 valence electrons. The molecule has 10 nitrogen and oxygen atoms in total. The summed E-state index contributed by atoms with van der Waals surface area (Å²) >= 11 is 0. The maximum absolute atomic E-state index is 11.9. The second kappa shape index (κ2) is 15.5. The number of hydrogen-bond donors (Lipinski definition) is 2. The van der Waals surface area contributed by atoms with Crippen LogP contribution in [0.1, 0.15) is 32.6 Å². The van der Waals surface area contributed by atoms with Crippen molar-refractivity contribution in [1.82, 2.24) is 20.4 Å². The highest BCUT2D eigenvalue weighted by molar-refractivity contribution is 14.0. The van der Waals surface area contributed by atoms with Crippen molar-refractivity contribution in [2.24, 2.45) is 4.99 Å². The van der Waals surface area contributed by atoms with E-state index in [-0.39, 0.29) is 54.7 Å². The monoisotopic (exact) mass is 555 g/mol. The van der Waals surface area contributed by atoms with E-state index in [2.05, 4.69) is 15.6 Å². The number of ether oxygens (including phenoxy) is 3. The van der Waals surface area contributed by atoms with Crippen LogP contribution in [0.5, 0.6) is 0 Å². The van der Waals surface area contributed by atoms with E-state index >= 15 is 0 Å². The van der Waals surface area contributed by atoms with Gasteiger partial charge in [0.25, 0.3) is 0 Å². The molecule has 0 aromatic carbocycles. The first-order valence-electron chi connectivity index (χ1n) is 10.9. The van der Waals surface area contributed by atoms with E-state index in [1.807, 2.05) is 6.92 Å². The summed E-state index contributed by atoms with van der Waals surface area (Å²) in [6.07, 6.45) is 3.34. The standard InChI is InChI=1S/C20H37N5O5.HI/c1-4-29-20(27)25-10-6-16(7-11-25)23-19(22-14-18(26)24(2)3)21-9-5-12-30-17-8-13-28-15-17;/h16-17H,4-15H2,1-3H3,(H2,21,22,23);1H. The summed E-state index contributed by atoms with van der Waals surface area (Å²) in [5, 5.41) is 6.69. The minimum absolute atomic E-state index is 0. The number of nitrogens with one attached hydrogen (secondary N) is 2. The highest BCUT2D eigenvalue weighted by Crippen LogP contribution is 2.11. The Kier molecular flexibility index (Phi) is 13.8. The number of amides is 2. The molecule has 0 bridgehead atoms. The number of rotatable bonds is 9. The van der Waals surface area contributed by atoms with Crippen LogP contribution in [0.15, 0.2) is 4.99 Å². The lowest BCUT2D eigenvalue weighted by Crippen LogP contribution is -2.50. The summed E-state index contributed by atoms with van der Waals surface area (Å²) in [6, 6.07) is 0.184. The van der Waals surface area contributed by atoms with E-state index < -0.39 is 0 Å². The van der Waals surface area contributed by atoms with Crippen molar-refractivity contribution < 1.29 is 23.8 Å². The molecule has 2 aliphatic rings. The zero-order chi connectivity index (χ0) is 21.8. The molecule has 0 spiro atoms. The minimum atomic E-state index is -0.257. The van der Waals surface area contributed by atoms with E-state index in [0.29, 0.717) is 45.4 Å². The molecule has 1 unspecified atom stereocenters. The maximum Gasteiger partial charge on any atom is 0.409 e. The molecule has 11 heteroatoms. The lowest BCUT2D eigenvalue weighted by Gasteiger charge is -2.32. The van der Waals surface area contributed by atoms with Gasteiger partial charge in [-0.15, -0.1) is 24.0 Å². The van der Waals surface area contributed by atoms with Crippen LogP contribution in [-0.4, -0.2) is 107 Å². The van der Waals surface area contributed by atoms with E-state index in [9.17, 15) is 9.59 Å². The van der Waals surface area contributed by atoms with Crippen molar-refractivity contribution in [2.75, 3.05) is 66.7 Å². The molecule has 0 aliphatic carbocycles. The van der Waals surface area contributed by atoms with Crippen LogP contribution in [0, 0.1) is 0 Å². The van der Waals surface area contributed by atoms with Gasteiger partial charge in [0, 0.05) is 53.0 Å². The predicted octanol–water partition coefficient (Wildman–Crippen LogP) is 1.04. The fourth-order valence-corrected chi connectivity index (χ4v) is 3.23. The van der Waals surface area contributed by atoms with Crippen LogP contribution in [0.2, 0.25) is 0 Å². The van der Waals surface area contributed by atoms with E-state index in [4.69, 9.17) is 14.2 Å². The number of carbonyl (C=O) groups excluding carboxylic acids is 2. The fourth-order valence-electron chi connectivity index (χ4n) is 3.23. The lowest BCUT2D eigenvalue weighted by molar-refractivity contribution is -0.127. The number of halogens is 1. The van der Waals surface area contributed by atoms with Gasteiger partial charge in [0.15, 0.2) is 5.96 Å². The van der Waals surface area contributed by atoms with Gasteiger partial charge in [-0.2, -0.15) is 0 Å². The minimum Gasteiger partial charge on any atom is -0.450 e. The van der Waals surface area contributed by atoms with Crippen molar-refractivity contribution >= 4 is 41.9 Å². The molecule has 1 atom stereocenters. The number of aliphatic imine (C=N–C) groups is 1. The molecule has 2 aliphatic heterocycles. The normalized spacial score (nSPS) is 19.5. The van der Waals surface area contributed by atoms with E-state index in [1.165, 1.54) is 4.90 Å². The molecular weight excluding hydrogens is 517 g/mol. The third-order valence-corrected chi connectivity index (χ3v) is 5.09. The number of hydrogen-bond acceptors (Lipinski definition) is 6. The molecule has 0 saturated carbocycles. The summed E-state index contributed by atoms with van der Waals surface area (Å²) in [7, 11) is 3.43. The SMILES string of the molecule is CCOC(=O)N1CCC(NC(=NCC(=O)N(C)C)NCCCOC2CCOC2)CC1.I. The Labute approximate surface area is 202 Å². The van der Waals surface area contributed by atoms with Crippen LogP contribution in [0.4, 0.5) is 4.79 Å². The van der Waals surface area contributed by atoms with Gasteiger partial charge in [-0.05, 0) is 32.6 Å². The predicted molar refractivity (Wildman–Crippen MR) is 129 cm³/mol. The Morgan fingerprint density at radius 3 is 2.58 bits per heavy atom. The Morgan fingerprint density at radius 1 is 1.23 bits per heavy atom. The highest BCUT2D eigenvalue weighted by Gasteiger charge is 2.24. The summed E-state index contributed by atoms with van der Waals surface area (Å²) in [4.78, 5) is 31.5. The summed E-state index contributed by atoms with van der Waals surface area (Å²) in [6.45, 7) is 6.35. The maximum atomic E-state index is 11.9. The molecule has 2 amide bonds.